The van der Waals surface area contributed by atoms with Gasteiger partial charge in [-0.25, -0.2) is 4.79 Å². The summed E-state index contributed by atoms with van der Waals surface area (Å²) in [5.41, 5.74) is 0.514. The second-order valence-corrected chi connectivity index (χ2v) is 5.59. The largest absolute Gasteiger partial charge is 0.511 e. The second kappa shape index (κ2) is 8.69. The Morgan fingerprint density at radius 2 is 2.22 bits per heavy atom. The third-order valence-electron chi connectivity index (χ3n) is 4.12. The number of carbonyl (C=O) groups is 1. The van der Waals surface area contributed by atoms with Crippen molar-refractivity contribution in [3.63, 3.8) is 0 Å². The van der Waals surface area contributed by atoms with E-state index in [1.165, 1.54) is 31.0 Å². The first-order valence-corrected chi connectivity index (χ1v) is 7.35. The van der Waals surface area contributed by atoms with Gasteiger partial charge in [-0.1, -0.05) is 6.42 Å². The maximum absolute atomic E-state index is 10.9. The molecule has 0 radical (unpaired) electrons. The first kappa shape index (κ1) is 19.2. The molecular formula is C15H21ClN2O5. The van der Waals surface area contributed by atoms with E-state index in [0.717, 1.165) is 19.4 Å². The molecular weight excluding hydrogens is 324 g/mol. The molecule has 1 aliphatic rings. The van der Waals surface area contributed by atoms with Crippen LogP contribution in [0.2, 0.25) is 0 Å². The van der Waals surface area contributed by atoms with Crippen LogP contribution in [-0.4, -0.2) is 40.7 Å². The summed E-state index contributed by atoms with van der Waals surface area (Å²) in [6, 6.07) is 4.44. The summed E-state index contributed by atoms with van der Waals surface area (Å²) < 4.78 is 4.73. The van der Waals surface area contributed by atoms with Crippen LogP contribution in [0, 0.1) is 10.1 Å². The molecule has 1 aliphatic heterocycles. The van der Waals surface area contributed by atoms with E-state index in [4.69, 9.17) is 9.84 Å². The fraction of sp³-hybridized carbons (Fsp3) is 0.533. The fourth-order valence-corrected chi connectivity index (χ4v) is 2.90. The molecule has 1 N–H and O–H groups in total. The highest BCUT2D eigenvalue weighted by Gasteiger charge is 2.20. The molecule has 8 heteroatoms. The van der Waals surface area contributed by atoms with Crippen LogP contribution >= 0.6 is 12.4 Å². The lowest BCUT2D eigenvalue weighted by Gasteiger charge is -2.32. The maximum atomic E-state index is 10.9. The summed E-state index contributed by atoms with van der Waals surface area (Å²) >= 11 is 0. The molecule has 1 unspecified atom stereocenters. The molecule has 7 nitrogen and oxygen atoms in total. The molecule has 0 saturated carbocycles. The predicted molar refractivity (Wildman–Crippen MR) is 87.6 cm³/mol. The SMILES string of the molecule is CN1CCCCC1CCc1cc([N+](=O)[O-])ccc1OC(=O)O.Cl. The zero-order chi connectivity index (χ0) is 16.1. The van der Waals surface area contributed by atoms with Gasteiger partial charge in [-0.3, -0.25) is 10.1 Å². The fourth-order valence-electron chi connectivity index (χ4n) is 2.90. The number of nitro benzene ring substituents is 1. The van der Waals surface area contributed by atoms with Gasteiger partial charge < -0.3 is 14.7 Å². The standard InChI is InChI=1S/C15H20N2O5.ClH/c1-16-9-3-2-4-12(16)6-5-11-10-13(17(20)21)7-8-14(11)22-15(18)19;/h7-8,10,12H,2-6,9H2,1H3,(H,18,19);1H. The molecule has 1 aromatic carbocycles. The smallest absolute Gasteiger partial charge is 0.449 e. The van der Waals surface area contributed by atoms with Crippen molar-refractivity contribution in [3.8, 4) is 5.75 Å². The minimum Gasteiger partial charge on any atom is -0.449 e. The van der Waals surface area contributed by atoms with Crippen molar-refractivity contribution in [2.75, 3.05) is 13.6 Å². The van der Waals surface area contributed by atoms with Crippen molar-refractivity contribution in [1.82, 2.24) is 4.90 Å². The van der Waals surface area contributed by atoms with Gasteiger partial charge in [0, 0.05) is 23.7 Å². The number of benzene rings is 1. The van der Waals surface area contributed by atoms with Crippen molar-refractivity contribution in [2.24, 2.45) is 0 Å². The van der Waals surface area contributed by atoms with Crippen LogP contribution in [0.4, 0.5) is 10.5 Å². The molecule has 0 aliphatic carbocycles. The van der Waals surface area contributed by atoms with Gasteiger partial charge in [0.15, 0.2) is 0 Å². The van der Waals surface area contributed by atoms with Gasteiger partial charge in [0.1, 0.15) is 5.75 Å². The summed E-state index contributed by atoms with van der Waals surface area (Å²) in [7, 11) is 2.08. The Morgan fingerprint density at radius 1 is 1.48 bits per heavy atom. The summed E-state index contributed by atoms with van der Waals surface area (Å²) in [5.74, 6) is 0.177. The van der Waals surface area contributed by atoms with Crippen LogP contribution in [0.5, 0.6) is 5.75 Å². The average Bonchev–Trinajstić information content (AvgIpc) is 2.47. The van der Waals surface area contributed by atoms with Gasteiger partial charge in [-0.2, -0.15) is 0 Å². The van der Waals surface area contributed by atoms with Gasteiger partial charge in [-0.15, -0.1) is 12.4 Å². The van der Waals surface area contributed by atoms with E-state index in [0.29, 0.717) is 18.0 Å². The van der Waals surface area contributed by atoms with E-state index in [-0.39, 0.29) is 23.8 Å². The maximum Gasteiger partial charge on any atom is 0.511 e. The lowest BCUT2D eigenvalue weighted by Crippen LogP contribution is -2.36. The molecule has 1 atom stereocenters. The number of aryl methyl sites for hydroxylation is 1. The van der Waals surface area contributed by atoms with Crippen molar-refractivity contribution >= 4 is 24.2 Å². The number of halogens is 1. The Morgan fingerprint density at radius 3 is 2.83 bits per heavy atom. The van der Waals surface area contributed by atoms with Crippen molar-refractivity contribution in [2.45, 2.75) is 38.1 Å². The van der Waals surface area contributed by atoms with Gasteiger partial charge in [0.25, 0.3) is 5.69 Å². The molecule has 0 aromatic heterocycles. The zero-order valence-corrected chi connectivity index (χ0v) is 13.8. The summed E-state index contributed by atoms with van der Waals surface area (Å²) in [5, 5.41) is 19.6. The first-order valence-electron chi connectivity index (χ1n) is 7.35. The quantitative estimate of drug-likeness (QED) is 0.380. The number of ether oxygens (including phenoxy) is 1. The molecule has 0 bridgehead atoms. The Labute approximate surface area is 140 Å². The summed E-state index contributed by atoms with van der Waals surface area (Å²) in [6.45, 7) is 1.05. The molecule has 23 heavy (non-hydrogen) atoms. The van der Waals surface area contributed by atoms with Gasteiger partial charge >= 0.3 is 6.16 Å². The van der Waals surface area contributed by atoms with E-state index in [9.17, 15) is 14.9 Å². The van der Waals surface area contributed by atoms with Crippen LogP contribution in [0.3, 0.4) is 0 Å². The molecule has 1 aromatic rings. The molecule has 0 spiro atoms. The lowest BCUT2D eigenvalue weighted by atomic mass is 9.96. The first-order chi connectivity index (χ1) is 10.5. The Kier molecular flexibility index (Phi) is 7.25. The van der Waals surface area contributed by atoms with Crippen LogP contribution in [0.15, 0.2) is 18.2 Å². The number of hydrogen-bond acceptors (Lipinski definition) is 5. The van der Waals surface area contributed by atoms with Gasteiger partial charge in [-0.05, 0) is 45.3 Å². The highest BCUT2D eigenvalue weighted by molar-refractivity contribution is 5.85. The minimum atomic E-state index is -1.41. The van der Waals surface area contributed by atoms with Gasteiger partial charge in [0.2, 0.25) is 0 Å². The van der Waals surface area contributed by atoms with Crippen LogP contribution in [0.25, 0.3) is 0 Å². The normalized spacial score (nSPS) is 18.0. The number of hydrogen-bond donors (Lipinski definition) is 1. The predicted octanol–water partition coefficient (Wildman–Crippen LogP) is 3.49. The van der Waals surface area contributed by atoms with E-state index < -0.39 is 11.1 Å². The summed E-state index contributed by atoms with van der Waals surface area (Å²) in [6.07, 6.45) is 3.44. The number of carboxylic acid groups (broad SMARTS) is 1. The monoisotopic (exact) mass is 344 g/mol. The van der Waals surface area contributed by atoms with Crippen molar-refractivity contribution in [1.29, 1.82) is 0 Å². The van der Waals surface area contributed by atoms with Crippen LogP contribution in [0.1, 0.15) is 31.2 Å². The van der Waals surface area contributed by atoms with E-state index in [1.54, 1.807) is 0 Å². The minimum absolute atomic E-state index is 0. The molecule has 1 fully saturated rings. The van der Waals surface area contributed by atoms with Gasteiger partial charge in [0.05, 0.1) is 4.92 Å². The Hall–Kier alpha value is -1.86. The van der Waals surface area contributed by atoms with Crippen molar-refractivity contribution in [3.05, 3.63) is 33.9 Å². The number of non-ortho nitro benzene ring substituents is 1. The van der Waals surface area contributed by atoms with Crippen LogP contribution in [-0.2, 0) is 6.42 Å². The molecule has 0 amide bonds. The highest BCUT2D eigenvalue weighted by atomic mass is 35.5. The Bertz CT molecular complexity index is 567. The molecule has 1 heterocycles. The van der Waals surface area contributed by atoms with E-state index in [2.05, 4.69) is 11.9 Å². The Balaban J connectivity index is 0.00000264. The second-order valence-electron chi connectivity index (χ2n) is 5.59. The number of piperidine rings is 1. The third kappa shape index (κ3) is 5.37. The number of nitrogens with zero attached hydrogens (tertiary/aromatic N) is 2. The number of nitro groups is 1. The number of rotatable bonds is 5. The van der Waals surface area contributed by atoms with E-state index >= 15 is 0 Å². The van der Waals surface area contributed by atoms with E-state index in [1.807, 2.05) is 0 Å². The van der Waals surface area contributed by atoms with Crippen LogP contribution < -0.4 is 4.74 Å². The lowest BCUT2D eigenvalue weighted by molar-refractivity contribution is -0.384. The summed E-state index contributed by atoms with van der Waals surface area (Å²) in [4.78, 5) is 23.4. The molecule has 2 rings (SSSR count). The topological polar surface area (TPSA) is 92.9 Å². The zero-order valence-electron chi connectivity index (χ0n) is 12.9. The third-order valence-corrected chi connectivity index (χ3v) is 4.12. The van der Waals surface area contributed by atoms with Crippen molar-refractivity contribution < 1.29 is 19.6 Å². The number of likely N-dealkylation sites (tertiary alicyclic amines) is 1. The molecule has 128 valence electrons. The molecule has 1 saturated heterocycles. The highest BCUT2D eigenvalue weighted by Crippen LogP contribution is 2.28. The average molecular weight is 345 g/mol.